The maximum Gasteiger partial charge on any atom is 0.240 e. The highest BCUT2D eigenvalue weighted by Gasteiger charge is 2.19. The van der Waals surface area contributed by atoms with Crippen molar-refractivity contribution in [3.8, 4) is 5.75 Å². The Morgan fingerprint density at radius 2 is 2.00 bits per heavy atom. The number of hydrogen-bond acceptors (Lipinski definition) is 5. The second-order valence-electron chi connectivity index (χ2n) is 5.02. The highest BCUT2D eigenvalue weighted by Crippen LogP contribution is 2.16. The molecule has 0 aliphatic carbocycles. The van der Waals surface area contributed by atoms with E-state index in [1.807, 2.05) is 0 Å². The molecule has 0 saturated carbocycles. The second-order valence-corrected chi connectivity index (χ2v) is 6.79. The maximum atomic E-state index is 12.2. The summed E-state index contributed by atoms with van der Waals surface area (Å²) in [7, 11) is -1.85. The van der Waals surface area contributed by atoms with Gasteiger partial charge in [-0.15, -0.1) is 12.4 Å². The van der Waals surface area contributed by atoms with Gasteiger partial charge in [0.25, 0.3) is 0 Å². The number of halogens is 1. The van der Waals surface area contributed by atoms with E-state index in [0.29, 0.717) is 31.4 Å². The molecule has 1 aliphatic rings. The van der Waals surface area contributed by atoms with Crippen molar-refractivity contribution in [2.45, 2.75) is 11.3 Å². The molecule has 1 aromatic carbocycles. The van der Waals surface area contributed by atoms with Gasteiger partial charge in [0.05, 0.1) is 11.5 Å². The van der Waals surface area contributed by atoms with E-state index >= 15 is 0 Å². The summed E-state index contributed by atoms with van der Waals surface area (Å²) in [6.07, 6.45) is 1.01. The van der Waals surface area contributed by atoms with Crippen LogP contribution in [0.2, 0.25) is 0 Å². The minimum Gasteiger partial charge on any atom is -0.491 e. The normalized spacial score (nSPS) is 18.0. The highest BCUT2D eigenvalue weighted by molar-refractivity contribution is 7.89. The van der Waals surface area contributed by atoms with Gasteiger partial charge in [0, 0.05) is 13.7 Å². The van der Waals surface area contributed by atoms with E-state index in [2.05, 4.69) is 10.0 Å². The van der Waals surface area contributed by atoms with E-state index < -0.39 is 10.0 Å². The van der Waals surface area contributed by atoms with Crippen molar-refractivity contribution in [3.05, 3.63) is 24.3 Å². The standard InChI is InChI=1S/C14H22N2O4S.ClH/c1-19-8-9-20-13-2-4-14(5-3-13)21(17,18)16-11-12-6-7-15-10-12;/h2-5,12,15-16H,6-11H2,1H3;1H. The van der Waals surface area contributed by atoms with E-state index in [9.17, 15) is 8.42 Å². The first-order valence-corrected chi connectivity index (χ1v) is 8.52. The van der Waals surface area contributed by atoms with Gasteiger partial charge in [-0.1, -0.05) is 0 Å². The molecular formula is C14H23ClN2O4S. The number of ether oxygens (including phenoxy) is 2. The molecule has 0 spiro atoms. The fraction of sp³-hybridized carbons (Fsp3) is 0.571. The zero-order valence-electron chi connectivity index (χ0n) is 12.6. The van der Waals surface area contributed by atoms with Crippen molar-refractivity contribution in [3.63, 3.8) is 0 Å². The van der Waals surface area contributed by atoms with Gasteiger partial charge in [-0.3, -0.25) is 0 Å². The van der Waals surface area contributed by atoms with Crippen LogP contribution in [0.1, 0.15) is 6.42 Å². The first-order chi connectivity index (χ1) is 10.1. The lowest BCUT2D eigenvalue weighted by Gasteiger charge is -2.11. The fourth-order valence-corrected chi connectivity index (χ4v) is 3.27. The molecule has 8 heteroatoms. The summed E-state index contributed by atoms with van der Waals surface area (Å²) in [5.41, 5.74) is 0. The SMILES string of the molecule is COCCOc1ccc(S(=O)(=O)NCC2CCNC2)cc1.Cl. The summed E-state index contributed by atoms with van der Waals surface area (Å²) in [5, 5.41) is 3.22. The van der Waals surface area contributed by atoms with Crippen LogP contribution >= 0.6 is 12.4 Å². The Morgan fingerprint density at radius 1 is 1.27 bits per heavy atom. The van der Waals surface area contributed by atoms with Crippen molar-refractivity contribution in [2.75, 3.05) is 40.0 Å². The summed E-state index contributed by atoms with van der Waals surface area (Å²) in [5.74, 6) is 1.00. The third-order valence-electron chi connectivity index (χ3n) is 3.41. The van der Waals surface area contributed by atoms with E-state index in [0.717, 1.165) is 19.5 Å². The molecule has 2 rings (SSSR count). The molecule has 6 nitrogen and oxygen atoms in total. The molecule has 126 valence electrons. The molecule has 1 fully saturated rings. The molecular weight excluding hydrogens is 328 g/mol. The van der Waals surface area contributed by atoms with Crippen LogP contribution in [0.3, 0.4) is 0 Å². The van der Waals surface area contributed by atoms with Crippen LogP contribution < -0.4 is 14.8 Å². The minimum atomic E-state index is -3.45. The monoisotopic (exact) mass is 350 g/mol. The molecule has 2 N–H and O–H groups in total. The number of sulfonamides is 1. The molecule has 0 aromatic heterocycles. The topological polar surface area (TPSA) is 76.7 Å². The third kappa shape index (κ3) is 5.73. The van der Waals surface area contributed by atoms with Gasteiger partial charge >= 0.3 is 0 Å². The van der Waals surface area contributed by atoms with Crippen molar-refractivity contribution >= 4 is 22.4 Å². The Labute approximate surface area is 138 Å². The Hall–Kier alpha value is -0.860. The lowest BCUT2D eigenvalue weighted by Crippen LogP contribution is -2.30. The van der Waals surface area contributed by atoms with Crippen molar-refractivity contribution in [1.82, 2.24) is 10.0 Å². The van der Waals surface area contributed by atoms with Gasteiger partial charge in [0.1, 0.15) is 12.4 Å². The van der Waals surface area contributed by atoms with Gasteiger partial charge in [0.15, 0.2) is 0 Å². The predicted octanol–water partition coefficient (Wildman–Crippen LogP) is 1.02. The van der Waals surface area contributed by atoms with Gasteiger partial charge in [-0.05, 0) is 49.7 Å². The molecule has 1 aliphatic heterocycles. The molecule has 1 saturated heterocycles. The summed E-state index contributed by atoms with van der Waals surface area (Å²) in [6.45, 7) is 3.24. The van der Waals surface area contributed by atoms with Crippen LogP contribution in [0.5, 0.6) is 5.75 Å². The summed E-state index contributed by atoms with van der Waals surface area (Å²) >= 11 is 0. The molecule has 1 aromatic rings. The van der Waals surface area contributed by atoms with Gasteiger partial charge in [-0.2, -0.15) is 0 Å². The number of nitrogens with one attached hydrogen (secondary N) is 2. The molecule has 1 atom stereocenters. The van der Waals surface area contributed by atoms with Crippen molar-refractivity contribution in [1.29, 1.82) is 0 Å². The second kappa shape index (κ2) is 9.32. The molecule has 0 amide bonds. The molecule has 22 heavy (non-hydrogen) atoms. The van der Waals surface area contributed by atoms with Crippen LogP contribution in [-0.4, -0.2) is 48.4 Å². The quantitative estimate of drug-likeness (QED) is 0.685. The average Bonchev–Trinajstić information content (AvgIpc) is 3.00. The van der Waals surface area contributed by atoms with Crippen LogP contribution in [0.4, 0.5) is 0 Å². The lowest BCUT2D eigenvalue weighted by molar-refractivity contribution is 0.146. The van der Waals surface area contributed by atoms with Crippen LogP contribution in [-0.2, 0) is 14.8 Å². The number of hydrogen-bond donors (Lipinski definition) is 2. The summed E-state index contributed by atoms with van der Waals surface area (Å²) in [6, 6.07) is 6.41. The Balaban J connectivity index is 0.00000242. The van der Waals surface area contributed by atoms with Crippen LogP contribution in [0.25, 0.3) is 0 Å². The zero-order valence-corrected chi connectivity index (χ0v) is 14.2. The van der Waals surface area contributed by atoms with Gasteiger partial charge in [-0.25, -0.2) is 13.1 Å². The fourth-order valence-electron chi connectivity index (χ4n) is 2.16. The smallest absolute Gasteiger partial charge is 0.240 e. The maximum absolute atomic E-state index is 12.2. The number of benzene rings is 1. The summed E-state index contributed by atoms with van der Waals surface area (Å²) < 4.78 is 37.3. The predicted molar refractivity (Wildman–Crippen MR) is 87.2 cm³/mol. The zero-order chi connectivity index (χ0) is 15.1. The Bertz CT molecular complexity index is 530. The summed E-state index contributed by atoms with van der Waals surface area (Å²) in [4.78, 5) is 0.257. The van der Waals surface area contributed by atoms with Crippen molar-refractivity contribution in [2.24, 2.45) is 5.92 Å². The lowest BCUT2D eigenvalue weighted by atomic mass is 10.1. The molecule has 0 bridgehead atoms. The van der Waals surface area contributed by atoms with E-state index in [1.165, 1.54) is 0 Å². The van der Waals surface area contributed by atoms with E-state index in [4.69, 9.17) is 9.47 Å². The number of methoxy groups -OCH3 is 1. The van der Waals surface area contributed by atoms with Gasteiger partial charge < -0.3 is 14.8 Å². The molecule has 1 unspecified atom stereocenters. The minimum absolute atomic E-state index is 0. The number of rotatable bonds is 8. The van der Waals surface area contributed by atoms with Crippen LogP contribution in [0, 0.1) is 5.92 Å². The van der Waals surface area contributed by atoms with E-state index in [-0.39, 0.29) is 17.3 Å². The first-order valence-electron chi connectivity index (χ1n) is 7.04. The Morgan fingerprint density at radius 3 is 2.59 bits per heavy atom. The Kier molecular flexibility index (Phi) is 8.13. The molecule has 1 heterocycles. The first kappa shape index (κ1) is 19.2. The van der Waals surface area contributed by atoms with Crippen LogP contribution in [0.15, 0.2) is 29.2 Å². The van der Waals surface area contributed by atoms with Gasteiger partial charge in [0.2, 0.25) is 10.0 Å². The third-order valence-corrected chi connectivity index (χ3v) is 4.85. The van der Waals surface area contributed by atoms with Crippen molar-refractivity contribution < 1.29 is 17.9 Å². The average molecular weight is 351 g/mol. The largest absolute Gasteiger partial charge is 0.491 e. The highest BCUT2D eigenvalue weighted by atomic mass is 35.5. The van der Waals surface area contributed by atoms with E-state index in [1.54, 1.807) is 31.4 Å². The molecule has 0 radical (unpaired) electrons.